The van der Waals surface area contributed by atoms with Crippen molar-refractivity contribution in [2.75, 3.05) is 10.6 Å². The number of hydrogen-bond donors (Lipinski definition) is 2. The van der Waals surface area contributed by atoms with Crippen molar-refractivity contribution >= 4 is 29.0 Å². The summed E-state index contributed by atoms with van der Waals surface area (Å²) < 4.78 is 5.75. The maximum Gasteiger partial charge on any atom is 0.323 e. The standard InChI is InChI=1S/C23H19ClN4O2/c1-14-10-15(2)12-18(11-14)26-23(29)25-17-8-9-19(20(24)13-17)22-28-27-21(30-22)16-6-4-3-5-7-16/h3-13H,1-2H3,(H2,25,26,29). The molecule has 1 heterocycles. The Labute approximate surface area is 178 Å². The predicted molar refractivity (Wildman–Crippen MR) is 119 cm³/mol. The quantitative estimate of drug-likeness (QED) is 0.406. The molecule has 0 atom stereocenters. The van der Waals surface area contributed by atoms with Gasteiger partial charge in [0.15, 0.2) is 0 Å². The van der Waals surface area contributed by atoms with Crippen LogP contribution in [-0.4, -0.2) is 16.2 Å². The van der Waals surface area contributed by atoms with Crippen LogP contribution in [-0.2, 0) is 0 Å². The molecule has 30 heavy (non-hydrogen) atoms. The van der Waals surface area contributed by atoms with Gasteiger partial charge in [0.25, 0.3) is 0 Å². The minimum absolute atomic E-state index is 0.310. The molecule has 0 spiro atoms. The van der Waals surface area contributed by atoms with Gasteiger partial charge in [-0.05, 0) is 67.4 Å². The summed E-state index contributed by atoms with van der Waals surface area (Å²) in [7, 11) is 0. The van der Waals surface area contributed by atoms with Gasteiger partial charge in [-0.3, -0.25) is 0 Å². The van der Waals surface area contributed by atoms with Gasteiger partial charge in [0.05, 0.1) is 10.6 Å². The number of halogens is 1. The van der Waals surface area contributed by atoms with Gasteiger partial charge in [0.2, 0.25) is 11.8 Å². The van der Waals surface area contributed by atoms with E-state index in [4.69, 9.17) is 16.0 Å². The van der Waals surface area contributed by atoms with Gasteiger partial charge in [-0.2, -0.15) is 0 Å². The van der Waals surface area contributed by atoms with Crippen molar-refractivity contribution in [2.24, 2.45) is 0 Å². The first-order valence-electron chi connectivity index (χ1n) is 9.33. The Balaban J connectivity index is 1.48. The molecule has 2 N–H and O–H groups in total. The molecule has 0 unspecified atom stereocenters. The molecule has 1 aromatic heterocycles. The summed E-state index contributed by atoms with van der Waals surface area (Å²) in [5, 5.41) is 14.2. The van der Waals surface area contributed by atoms with Crippen LogP contribution < -0.4 is 10.6 Å². The van der Waals surface area contributed by atoms with E-state index in [1.54, 1.807) is 18.2 Å². The summed E-state index contributed by atoms with van der Waals surface area (Å²) in [4.78, 5) is 12.3. The number of anilines is 2. The number of carbonyl (C=O) groups excluding carboxylic acids is 1. The molecule has 3 aromatic carbocycles. The van der Waals surface area contributed by atoms with Crippen molar-refractivity contribution < 1.29 is 9.21 Å². The van der Waals surface area contributed by atoms with E-state index in [0.29, 0.717) is 28.1 Å². The maximum atomic E-state index is 12.3. The van der Waals surface area contributed by atoms with E-state index in [1.807, 2.05) is 62.4 Å². The molecule has 0 aliphatic heterocycles. The van der Waals surface area contributed by atoms with E-state index in [0.717, 1.165) is 22.4 Å². The number of benzene rings is 3. The van der Waals surface area contributed by atoms with Crippen LogP contribution in [0.5, 0.6) is 0 Å². The van der Waals surface area contributed by atoms with Crippen LogP contribution in [0.1, 0.15) is 11.1 Å². The summed E-state index contributed by atoms with van der Waals surface area (Å²) >= 11 is 6.40. The van der Waals surface area contributed by atoms with E-state index in [2.05, 4.69) is 20.8 Å². The fourth-order valence-corrected chi connectivity index (χ4v) is 3.40. The highest BCUT2D eigenvalue weighted by Gasteiger charge is 2.14. The van der Waals surface area contributed by atoms with Gasteiger partial charge in [-0.25, -0.2) is 4.79 Å². The number of aryl methyl sites for hydroxylation is 2. The summed E-state index contributed by atoms with van der Waals surface area (Å²) in [6, 6.07) is 20.1. The van der Waals surface area contributed by atoms with Crippen LogP contribution in [0.4, 0.5) is 16.2 Å². The minimum Gasteiger partial charge on any atom is -0.416 e. The van der Waals surface area contributed by atoms with Gasteiger partial charge in [0, 0.05) is 16.9 Å². The van der Waals surface area contributed by atoms with E-state index < -0.39 is 0 Å². The van der Waals surface area contributed by atoms with Crippen LogP contribution in [0.3, 0.4) is 0 Å². The molecule has 2 amide bonds. The maximum absolute atomic E-state index is 12.3. The van der Waals surface area contributed by atoms with E-state index in [-0.39, 0.29) is 6.03 Å². The molecule has 0 fully saturated rings. The van der Waals surface area contributed by atoms with Crippen LogP contribution in [0.25, 0.3) is 22.9 Å². The minimum atomic E-state index is -0.354. The Morgan fingerprint density at radius 3 is 2.20 bits per heavy atom. The number of hydrogen-bond acceptors (Lipinski definition) is 4. The fraction of sp³-hybridized carbons (Fsp3) is 0.0870. The van der Waals surface area contributed by atoms with Gasteiger partial charge in [-0.15, -0.1) is 10.2 Å². The molecule has 0 saturated carbocycles. The summed E-state index contributed by atoms with van der Waals surface area (Å²) in [6.07, 6.45) is 0. The van der Waals surface area contributed by atoms with Crippen LogP contribution in [0, 0.1) is 13.8 Å². The van der Waals surface area contributed by atoms with Crippen molar-refractivity contribution in [1.29, 1.82) is 0 Å². The molecular formula is C23H19ClN4O2. The fourth-order valence-electron chi connectivity index (χ4n) is 3.14. The second-order valence-corrected chi connectivity index (χ2v) is 7.34. The molecule has 6 nitrogen and oxygen atoms in total. The Kier molecular flexibility index (Phi) is 5.50. The summed E-state index contributed by atoms with van der Waals surface area (Å²) in [6.45, 7) is 3.96. The van der Waals surface area contributed by atoms with E-state index in [9.17, 15) is 4.79 Å². The lowest BCUT2D eigenvalue weighted by atomic mass is 10.1. The Morgan fingerprint density at radius 2 is 1.50 bits per heavy atom. The first kappa shape index (κ1) is 19.7. The van der Waals surface area contributed by atoms with Gasteiger partial charge in [-0.1, -0.05) is 35.9 Å². The number of urea groups is 1. The molecule has 0 saturated heterocycles. The molecule has 0 aliphatic carbocycles. The first-order valence-corrected chi connectivity index (χ1v) is 9.71. The van der Waals surface area contributed by atoms with Crippen LogP contribution in [0.2, 0.25) is 5.02 Å². The molecule has 0 aliphatic rings. The number of nitrogens with one attached hydrogen (secondary N) is 2. The Morgan fingerprint density at radius 1 is 0.833 bits per heavy atom. The number of rotatable bonds is 4. The van der Waals surface area contributed by atoms with Crippen molar-refractivity contribution in [3.05, 3.63) is 82.9 Å². The zero-order valence-corrected chi connectivity index (χ0v) is 17.2. The predicted octanol–water partition coefficient (Wildman–Crippen LogP) is 6.32. The molecule has 150 valence electrons. The number of amides is 2. The molecule has 0 radical (unpaired) electrons. The lowest BCUT2D eigenvalue weighted by molar-refractivity contribution is 0.262. The highest BCUT2D eigenvalue weighted by atomic mass is 35.5. The highest BCUT2D eigenvalue weighted by Crippen LogP contribution is 2.31. The van der Waals surface area contributed by atoms with Crippen molar-refractivity contribution in [3.8, 4) is 22.9 Å². The number of aromatic nitrogens is 2. The molecule has 4 rings (SSSR count). The van der Waals surface area contributed by atoms with Crippen LogP contribution >= 0.6 is 11.6 Å². The topological polar surface area (TPSA) is 80.0 Å². The van der Waals surface area contributed by atoms with E-state index >= 15 is 0 Å². The second-order valence-electron chi connectivity index (χ2n) is 6.93. The van der Waals surface area contributed by atoms with Gasteiger partial charge >= 0.3 is 6.03 Å². The third-order valence-corrected chi connectivity index (χ3v) is 4.70. The lowest BCUT2D eigenvalue weighted by Crippen LogP contribution is -2.19. The normalized spacial score (nSPS) is 10.6. The third kappa shape index (κ3) is 4.50. The van der Waals surface area contributed by atoms with E-state index in [1.165, 1.54) is 0 Å². The van der Waals surface area contributed by atoms with Crippen molar-refractivity contribution in [2.45, 2.75) is 13.8 Å². The Hall–Kier alpha value is -3.64. The van der Waals surface area contributed by atoms with Gasteiger partial charge in [0.1, 0.15) is 0 Å². The average Bonchev–Trinajstić information content (AvgIpc) is 3.18. The molecule has 0 bridgehead atoms. The average molecular weight is 419 g/mol. The second kappa shape index (κ2) is 8.39. The zero-order chi connectivity index (χ0) is 21.1. The van der Waals surface area contributed by atoms with Crippen molar-refractivity contribution in [3.63, 3.8) is 0 Å². The highest BCUT2D eigenvalue weighted by molar-refractivity contribution is 6.33. The molecule has 7 heteroatoms. The largest absolute Gasteiger partial charge is 0.416 e. The third-order valence-electron chi connectivity index (χ3n) is 4.38. The van der Waals surface area contributed by atoms with Crippen molar-refractivity contribution in [1.82, 2.24) is 10.2 Å². The molecule has 4 aromatic rings. The first-order chi connectivity index (χ1) is 14.5. The number of carbonyl (C=O) groups is 1. The summed E-state index contributed by atoms with van der Waals surface area (Å²) in [5.74, 6) is 0.724. The summed E-state index contributed by atoms with van der Waals surface area (Å²) in [5.41, 5.74) is 4.85. The smallest absolute Gasteiger partial charge is 0.323 e. The molecular weight excluding hydrogens is 400 g/mol. The zero-order valence-electron chi connectivity index (χ0n) is 16.4. The van der Waals surface area contributed by atoms with Gasteiger partial charge < -0.3 is 15.1 Å². The Bertz CT molecular complexity index is 1180. The monoisotopic (exact) mass is 418 g/mol. The number of nitrogens with zero attached hydrogens (tertiary/aromatic N) is 2. The SMILES string of the molecule is Cc1cc(C)cc(NC(=O)Nc2ccc(-c3nnc(-c4ccccc4)o3)c(Cl)c2)c1. The van der Waals surface area contributed by atoms with Crippen LogP contribution in [0.15, 0.2) is 71.1 Å². The lowest BCUT2D eigenvalue weighted by Gasteiger charge is -2.10.